The van der Waals surface area contributed by atoms with Crippen LogP contribution in [0.4, 0.5) is 5.82 Å². The van der Waals surface area contributed by atoms with Crippen molar-refractivity contribution in [3.8, 4) is 0 Å². The number of carbonyl (C=O) groups is 2. The summed E-state index contributed by atoms with van der Waals surface area (Å²) in [5.41, 5.74) is 2.60. The number of amides is 1. The molecule has 1 amide bonds. The predicted molar refractivity (Wildman–Crippen MR) is 93.2 cm³/mol. The Bertz CT molecular complexity index is 810. The van der Waals surface area contributed by atoms with Crippen LogP contribution in [0.5, 0.6) is 0 Å². The summed E-state index contributed by atoms with van der Waals surface area (Å²) in [6.07, 6.45) is 3.77. The maximum atomic E-state index is 12.3. The van der Waals surface area contributed by atoms with E-state index in [1.54, 1.807) is 24.4 Å². The second kappa shape index (κ2) is 6.28. The fraction of sp³-hybridized carbons (Fsp3) is 0.211. The number of rotatable bonds is 3. The third-order valence-electron chi connectivity index (χ3n) is 3.82. The molecule has 5 nitrogen and oxygen atoms in total. The Balaban J connectivity index is 1.85. The van der Waals surface area contributed by atoms with Gasteiger partial charge in [-0.1, -0.05) is 30.3 Å². The molecule has 0 unspecified atom stereocenters. The predicted octanol–water partition coefficient (Wildman–Crippen LogP) is 2.55. The Labute approximate surface area is 140 Å². The number of ketones is 1. The second-order valence-electron chi connectivity index (χ2n) is 6.43. The van der Waals surface area contributed by atoms with Crippen molar-refractivity contribution in [3.05, 3.63) is 65.9 Å². The minimum absolute atomic E-state index is 0.183. The van der Waals surface area contributed by atoms with E-state index in [0.717, 1.165) is 17.5 Å². The molecule has 1 aromatic heterocycles. The Morgan fingerprint density at radius 3 is 2.67 bits per heavy atom. The van der Waals surface area contributed by atoms with E-state index in [9.17, 15) is 9.59 Å². The van der Waals surface area contributed by atoms with Crippen molar-refractivity contribution in [2.75, 3.05) is 5.32 Å². The number of fused-ring (bicyclic) bond motifs is 1. The average molecular weight is 321 g/mol. The van der Waals surface area contributed by atoms with Gasteiger partial charge in [0.2, 0.25) is 5.78 Å². The van der Waals surface area contributed by atoms with Crippen molar-refractivity contribution in [3.63, 3.8) is 0 Å². The highest BCUT2D eigenvalue weighted by Crippen LogP contribution is 2.29. The van der Waals surface area contributed by atoms with Gasteiger partial charge in [0.25, 0.3) is 5.91 Å². The van der Waals surface area contributed by atoms with E-state index in [1.165, 1.54) is 6.08 Å². The number of hydrogen-bond acceptors (Lipinski definition) is 4. The second-order valence-corrected chi connectivity index (χ2v) is 6.43. The lowest BCUT2D eigenvalue weighted by Gasteiger charge is -2.35. The zero-order valence-electron chi connectivity index (χ0n) is 13.7. The minimum Gasteiger partial charge on any atom is -0.379 e. The lowest BCUT2D eigenvalue weighted by Crippen LogP contribution is -2.44. The summed E-state index contributed by atoms with van der Waals surface area (Å²) in [5.74, 6) is -0.967. The van der Waals surface area contributed by atoms with Crippen LogP contribution in [0.1, 0.15) is 25.0 Å². The normalized spacial score (nSPS) is 16.8. The summed E-state index contributed by atoms with van der Waals surface area (Å²) < 4.78 is 0. The van der Waals surface area contributed by atoms with Crippen LogP contribution in [0, 0.1) is 0 Å². The molecule has 0 saturated carbocycles. The molecular weight excluding hydrogens is 302 g/mol. The first-order valence-corrected chi connectivity index (χ1v) is 7.79. The topological polar surface area (TPSA) is 71.1 Å². The van der Waals surface area contributed by atoms with Crippen molar-refractivity contribution >= 4 is 23.2 Å². The quantitative estimate of drug-likeness (QED) is 0.673. The fourth-order valence-electron chi connectivity index (χ4n) is 2.81. The van der Waals surface area contributed by atoms with Crippen LogP contribution in [0.25, 0.3) is 5.70 Å². The van der Waals surface area contributed by atoms with Crippen molar-refractivity contribution in [2.45, 2.75) is 25.8 Å². The number of anilines is 1. The summed E-state index contributed by atoms with van der Waals surface area (Å²) in [4.78, 5) is 28.4. The third-order valence-corrected chi connectivity index (χ3v) is 3.82. The molecule has 0 fully saturated rings. The number of nitrogens with zero attached hydrogens (tertiary/aromatic N) is 1. The Hall–Kier alpha value is -2.95. The molecule has 3 rings (SSSR count). The molecular formula is C19H19N3O2. The number of aromatic nitrogens is 1. The number of hydrogen-bond donors (Lipinski definition) is 2. The monoisotopic (exact) mass is 321 g/mol. The molecule has 0 saturated heterocycles. The van der Waals surface area contributed by atoms with Crippen molar-refractivity contribution in [2.24, 2.45) is 0 Å². The third kappa shape index (κ3) is 3.51. The summed E-state index contributed by atoms with van der Waals surface area (Å²) in [6.45, 7) is 4.13. The molecule has 1 aromatic carbocycles. The van der Waals surface area contributed by atoms with Gasteiger partial charge in [0, 0.05) is 29.1 Å². The molecule has 1 aliphatic heterocycles. The van der Waals surface area contributed by atoms with Crippen LogP contribution < -0.4 is 10.6 Å². The molecule has 2 N–H and O–H groups in total. The molecule has 2 heterocycles. The smallest absolute Gasteiger partial charge is 0.297 e. The van der Waals surface area contributed by atoms with E-state index in [2.05, 4.69) is 29.5 Å². The Morgan fingerprint density at radius 2 is 1.92 bits per heavy atom. The zero-order chi connectivity index (χ0) is 17.2. The number of carbonyl (C=O) groups excluding carboxylic acids is 2. The number of pyridine rings is 1. The zero-order valence-corrected chi connectivity index (χ0v) is 13.7. The average Bonchev–Trinajstić information content (AvgIpc) is 2.54. The van der Waals surface area contributed by atoms with Crippen LogP contribution in [-0.4, -0.2) is 22.2 Å². The van der Waals surface area contributed by atoms with Crippen molar-refractivity contribution in [1.29, 1.82) is 0 Å². The highest BCUT2D eigenvalue weighted by atomic mass is 16.2. The molecule has 122 valence electrons. The molecule has 24 heavy (non-hydrogen) atoms. The van der Waals surface area contributed by atoms with E-state index < -0.39 is 11.7 Å². The van der Waals surface area contributed by atoms with Gasteiger partial charge >= 0.3 is 0 Å². The lowest BCUT2D eigenvalue weighted by molar-refractivity contribution is -0.131. The number of benzene rings is 1. The maximum Gasteiger partial charge on any atom is 0.297 e. The van der Waals surface area contributed by atoms with E-state index >= 15 is 0 Å². The summed E-state index contributed by atoms with van der Waals surface area (Å²) >= 11 is 0. The van der Waals surface area contributed by atoms with Crippen LogP contribution in [0.3, 0.4) is 0 Å². The highest BCUT2D eigenvalue weighted by molar-refractivity contribution is 6.45. The van der Waals surface area contributed by atoms with Crippen LogP contribution in [0.15, 0.2) is 54.7 Å². The van der Waals surface area contributed by atoms with Gasteiger partial charge in [-0.15, -0.1) is 0 Å². The minimum atomic E-state index is -0.705. The van der Waals surface area contributed by atoms with Gasteiger partial charge in [-0.05, 0) is 38.0 Å². The first kappa shape index (κ1) is 15.9. The Morgan fingerprint density at radius 1 is 1.17 bits per heavy atom. The van der Waals surface area contributed by atoms with Crippen LogP contribution >= 0.6 is 0 Å². The van der Waals surface area contributed by atoms with Crippen molar-refractivity contribution in [1.82, 2.24) is 10.3 Å². The van der Waals surface area contributed by atoms with Crippen LogP contribution in [0.2, 0.25) is 0 Å². The van der Waals surface area contributed by atoms with E-state index in [-0.39, 0.29) is 5.54 Å². The van der Waals surface area contributed by atoms with Gasteiger partial charge in [0.1, 0.15) is 5.82 Å². The molecule has 0 aliphatic carbocycles. The summed E-state index contributed by atoms with van der Waals surface area (Å²) in [7, 11) is 0. The molecule has 5 heteroatoms. The van der Waals surface area contributed by atoms with Crippen LogP contribution in [-0.2, 0) is 16.0 Å². The fourth-order valence-corrected chi connectivity index (χ4v) is 2.81. The summed E-state index contributed by atoms with van der Waals surface area (Å²) in [5, 5.41) is 5.85. The molecule has 1 aliphatic rings. The van der Waals surface area contributed by atoms with Gasteiger partial charge in [-0.25, -0.2) is 4.98 Å². The van der Waals surface area contributed by atoms with E-state index in [4.69, 9.17) is 0 Å². The lowest BCUT2D eigenvalue weighted by atomic mass is 9.85. The SMILES string of the molecule is CC1(C)Cc2ccccc2C(=CC(=O)C(=O)Nc2ccccn2)N1. The first-order chi connectivity index (χ1) is 11.4. The molecule has 0 atom stereocenters. The number of nitrogens with one attached hydrogen (secondary N) is 2. The van der Waals surface area contributed by atoms with Gasteiger partial charge in [-0.3, -0.25) is 9.59 Å². The molecule has 2 aromatic rings. The van der Waals surface area contributed by atoms with Gasteiger partial charge < -0.3 is 10.6 Å². The summed E-state index contributed by atoms with van der Waals surface area (Å²) in [6, 6.07) is 13.0. The van der Waals surface area contributed by atoms with Gasteiger partial charge in [0.15, 0.2) is 0 Å². The standard InChI is InChI=1S/C19H19N3O2/c1-19(2)12-13-7-3-4-8-14(13)15(22-19)11-16(23)18(24)21-17-9-5-6-10-20-17/h3-11,22H,12H2,1-2H3,(H,20,21,24). The largest absolute Gasteiger partial charge is 0.379 e. The van der Waals surface area contributed by atoms with Gasteiger partial charge in [-0.2, -0.15) is 0 Å². The first-order valence-electron chi connectivity index (χ1n) is 7.79. The molecule has 0 bridgehead atoms. The van der Waals surface area contributed by atoms with Crippen molar-refractivity contribution < 1.29 is 9.59 Å². The van der Waals surface area contributed by atoms with E-state index in [1.807, 2.05) is 24.3 Å². The Kier molecular flexibility index (Phi) is 4.16. The molecule has 0 radical (unpaired) electrons. The van der Waals surface area contributed by atoms with E-state index in [0.29, 0.717) is 11.5 Å². The highest BCUT2D eigenvalue weighted by Gasteiger charge is 2.28. The maximum absolute atomic E-state index is 12.3. The molecule has 0 spiro atoms. The van der Waals surface area contributed by atoms with Gasteiger partial charge in [0.05, 0.1) is 0 Å².